The summed E-state index contributed by atoms with van der Waals surface area (Å²) in [5.41, 5.74) is 1.50. The normalized spacial score (nSPS) is 18.6. The van der Waals surface area contributed by atoms with Crippen molar-refractivity contribution in [2.75, 3.05) is 0 Å². The Labute approximate surface area is 104 Å². The minimum Gasteiger partial charge on any atom is -0.307 e. The molecule has 0 bridgehead atoms. The van der Waals surface area contributed by atoms with Crippen LogP contribution in [0.3, 0.4) is 0 Å². The summed E-state index contributed by atoms with van der Waals surface area (Å²) >= 11 is 9.59. The summed E-state index contributed by atoms with van der Waals surface area (Å²) in [6.07, 6.45) is 3.90. The van der Waals surface area contributed by atoms with Gasteiger partial charge in [-0.1, -0.05) is 27.5 Å². The van der Waals surface area contributed by atoms with Crippen molar-refractivity contribution in [3.8, 4) is 0 Å². The Morgan fingerprint density at radius 1 is 1.47 bits per heavy atom. The van der Waals surface area contributed by atoms with Crippen LogP contribution in [0.15, 0.2) is 22.7 Å². The highest BCUT2D eigenvalue weighted by molar-refractivity contribution is 9.10. The first-order valence-electron chi connectivity index (χ1n) is 5.28. The number of hydrogen-bond donors (Lipinski definition) is 1. The largest absolute Gasteiger partial charge is 0.307 e. The number of hydrogen-bond acceptors (Lipinski definition) is 1. The molecule has 0 radical (unpaired) electrons. The highest BCUT2D eigenvalue weighted by Gasteiger charge is 2.30. The van der Waals surface area contributed by atoms with Crippen molar-refractivity contribution in [2.24, 2.45) is 0 Å². The standard InChI is InChI=1S/C12H15BrClN/c1-12(5-2-6-12)15-8-9-7-10(13)3-4-11(9)14/h3-4,7,15H,2,5-6,8H2,1H3. The first kappa shape index (κ1) is 11.4. The van der Waals surface area contributed by atoms with Gasteiger partial charge in [0.05, 0.1) is 0 Å². The lowest BCUT2D eigenvalue weighted by molar-refractivity contribution is 0.207. The van der Waals surface area contributed by atoms with Gasteiger partial charge in [0.25, 0.3) is 0 Å². The van der Waals surface area contributed by atoms with Gasteiger partial charge in [0, 0.05) is 21.6 Å². The van der Waals surface area contributed by atoms with Crippen LogP contribution in [0.1, 0.15) is 31.7 Å². The van der Waals surface area contributed by atoms with E-state index in [9.17, 15) is 0 Å². The monoisotopic (exact) mass is 287 g/mol. The molecule has 82 valence electrons. The molecule has 2 rings (SSSR count). The third kappa shape index (κ3) is 2.74. The van der Waals surface area contributed by atoms with Gasteiger partial charge in [-0.2, -0.15) is 0 Å². The molecule has 0 spiro atoms. The SMILES string of the molecule is CC1(NCc2cc(Br)ccc2Cl)CCC1. The Bertz CT molecular complexity index is 361. The fourth-order valence-electron chi connectivity index (χ4n) is 1.87. The number of rotatable bonds is 3. The Morgan fingerprint density at radius 2 is 2.20 bits per heavy atom. The van der Waals surface area contributed by atoms with E-state index in [2.05, 4.69) is 34.2 Å². The van der Waals surface area contributed by atoms with Gasteiger partial charge in [-0.3, -0.25) is 0 Å². The van der Waals surface area contributed by atoms with E-state index in [1.807, 2.05) is 12.1 Å². The Hall–Kier alpha value is -0.0500. The topological polar surface area (TPSA) is 12.0 Å². The fraction of sp³-hybridized carbons (Fsp3) is 0.500. The van der Waals surface area contributed by atoms with Crippen molar-refractivity contribution in [3.63, 3.8) is 0 Å². The first-order chi connectivity index (χ1) is 7.09. The molecule has 0 aromatic heterocycles. The van der Waals surface area contributed by atoms with Crippen molar-refractivity contribution in [3.05, 3.63) is 33.3 Å². The van der Waals surface area contributed by atoms with Gasteiger partial charge in [0.15, 0.2) is 0 Å². The summed E-state index contributed by atoms with van der Waals surface area (Å²) < 4.78 is 1.09. The molecule has 1 saturated carbocycles. The maximum atomic E-state index is 6.13. The highest BCUT2D eigenvalue weighted by Crippen LogP contribution is 2.31. The van der Waals surface area contributed by atoms with Crippen LogP contribution in [0.25, 0.3) is 0 Å². The zero-order valence-corrected chi connectivity index (χ0v) is 11.2. The molecule has 1 aromatic carbocycles. The molecule has 0 aliphatic heterocycles. The molecule has 1 fully saturated rings. The Morgan fingerprint density at radius 3 is 2.80 bits per heavy atom. The van der Waals surface area contributed by atoms with Gasteiger partial charge in [-0.15, -0.1) is 0 Å². The molecular weight excluding hydrogens is 273 g/mol. The van der Waals surface area contributed by atoms with Gasteiger partial charge in [-0.05, 0) is 49.9 Å². The van der Waals surface area contributed by atoms with Gasteiger partial charge in [0.2, 0.25) is 0 Å². The van der Waals surface area contributed by atoms with E-state index in [-0.39, 0.29) is 0 Å². The van der Waals surface area contributed by atoms with Gasteiger partial charge in [0.1, 0.15) is 0 Å². The average Bonchev–Trinajstić information content (AvgIpc) is 2.17. The van der Waals surface area contributed by atoms with Crippen molar-refractivity contribution >= 4 is 27.5 Å². The summed E-state index contributed by atoms with van der Waals surface area (Å²) in [5, 5.41) is 4.42. The molecule has 0 saturated heterocycles. The molecule has 1 N–H and O–H groups in total. The number of benzene rings is 1. The maximum absolute atomic E-state index is 6.13. The second kappa shape index (κ2) is 4.44. The van der Waals surface area contributed by atoms with Crippen molar-refractivity contribution in [2.45, 2.75) is 38.3 Å². The number of halogens is 2. The Kier molecular flexibility index (Phi) is 3.39. The van der Waals surface area contributed by atoms with Crippen molar-refractivity contribution in [1.82, 2.24) is 5.32 Å². The van der Waals surface area contributed by atoms with E-state index >= 15 is 0 Å². The van der Waals surface area contributed by atoms with E-state index in [1.165, 1.54) is 24.8 Å². The summed E-state index contributed by atoms with van der Waals surface area (Å²) in [7, 11) is 0. The van der Waals surface area contributed by atoms with Crippen LogP contribution in [-0.4, -0.2) is 5.54 Å². The summed E-state index contributed by atoms with van der Waals surface area (Å²) in [6.45, 7) is 3.14. The lowest BCUT2D eigenvalue weighted by atomic mass is 9.78. The van der Waals surface area contributed by atoms with Gasteiger partial charge >= 0.3 is 0 Å². The van der Waals surface area contributed by atoms with Crippen molar-refractivity contribution < 1.29 is 0 Å². The van der Waals surface area contributed by atoms with Crippen LogP contribution in [-0.2, 0) is 6.54 Å². The van der Waals surface area contributed by atoms with E-state index in [0.29, 0.717) is 5.54 Å². The fourth-order valence-corrected chi connectivity index (χ4v) is 2.46. The molecule has 1 aliphatic rings. The molecule has 1 aliphatic carbocycles. The van der Waals surface area contributed by atoms with E-state index in [4.69, 9.17) is 11.6 Å². The highest BCUT2D eigenvalue weighted by atomic mass is 79.9. The zero-order chi connectivity index (χ0) is 10.9. The predicted molar refractivity (Wildman–Crippen MR) is 68.2 cm³/mol. The third-order valence-corrected chi connectivity index (χ3v) is 4.03. The van der Waals surface area contributed by atoms with Crippen LogP contribution in [0.4, 0.5) is 0 Å². The number of nitrogens with one attached hydrogen (secondary N) is 1. The van der Waals surface area contributed by atoms with Crippen LogP contribution in [0, 0.1) is 0 Å². The average molecular weight is 289 g/mol. The lowest BCUT2D eigenvalue weighted by Gasteiger charge is -2.39. The molecule has 0 amide bonds. The molecule has 15 heavy (non-hydrogen) atoms. The molecule has 1 nitrogen and oxygen atoms in total. The van der Waals surface area contributed by atoms with Gasteiger partial charge in [-0.25, -0.2) is 0 Å². The van der Waals surface area contributed by atoms with E-state index in [0.717, 1.165) is 16.0 Å². The van der Waals surface area contributed by atoms with Crippen LogP contribution < -0.4 is 5.32 Å². The first-order valence-corrected chi connectivity index (χ1v) is 6.45. The van der Waals surface area contributed by atoms with E-state index < -0.39 is 0 Å². The maximum Gasteiger partial charge on any atom is 0.0451 e. The molecule has 0 unspecified atom stereocenters. The van der Waals surface area contributed by atoms with Crippen LogP contribution in [0.5, 0.6) is 0 Å². The molecule has 1 aromatic rings. The second-order valence-electron chi connectivity index (χ2n) is 4.50. The minimum atomic E-state index is 0.339. The zero-order valence-electron chi connectivity index (χ0n) is 8.82. The summed E-state index contributed by atoms with van der Waals surface area (Å²) in [4.78, 5) is 0. The lowest BCUT2D eigenvalue weighted by Crippen LogP contribution is -2.47. The summed E-state index contributed by atoms with van der Waals surface area (Å²) in [6, 6.07) is 5.99. The molecule has 0 atom stereocenters. The van der Waals surface area contributed by atoms with Gasteiger partial charge < -0.3 is 5.32 Å². The molecule has 0 heterocycles. The van der Waals surface area contributed by atoms with Crippen LogP contribution >= 0.6 is 27.5 Å². The molecule has 3 heteroatoms. The summed E-state index contributed by atoms with van der Waals surface area (Å²) in [5.74, 6) is 0. The van der Waals surface area contributed by atoms with Crippen LogP contribution in [0.2, 0.25) is 5.02 Å². The predicted octanol–water partition coefficient (Wildman–Crippen LogP) is 4.13. The third-order valence-electron chi connectivity index (χ3n) is 3.17. The van der Waals surface area contributed by atoms with E-state index in [1.54, 1.807) is 0 Å². The Balaban J connectivity index is 2.01. The smallest absolute Gasteiger partial charge is 0.0451 e. The minimum absolute atomic E-state index is 0.339. The molecular formula is C12H15BrClN. The second-order valence-corrected chi connectivity index (χ2v) is 5.83. The van der Waals surface area contributed by atoms with Crippen molar-refractivity contribution in [1.29, 1.82) is 0 Å². The quantitative estimate of drug-likeness (QED) is 0.881.